The molecule has 0 saturated heterocycles. The topological polar surface area (TPSA) is 81.2 Å². The van der Waals surface area contributed by atoms with Crippen molar-refractivity contribution in [3.05, 3.63) is 66.2 Å². The van der Waals surface area contributed by atoms with Crippen LogP contribution in [-0.2, 0) is 4.79 Å². The van der Waals surface area contributed by atoms with Crippen LogP contribution in [-0.4, -0.2) is 34.2 Å². The molecule has 0 spiro atoms. The van der Waals surface area contributed by atoms with Crippen LogP contribution in [0.4, 0.5) is 5.69 Å². The number of aromatic nitrogens is 2. The molecular formula is C22H21N3O3S. The largest absolute Gasteiger partial charge is 0.494 e. The highest BCUT2D eigenvalue weighted by atomic mass is 32.2. The van der Waals surface area contributed by atoms with Crippen molar-refractivity contribution in [2.45, 2.75) is 18.9 Å². The molecule has 29 heavy (non-hydrogen) atoms. The molecule has 148 valence electrons. The van der Waals surface area contributed by atoms with E-state index in [4.69, 9.17) is 4.74 Å². The first-order valence-corrected chi connectivity index (χ1v) is 10.1. The van der Waals surface area contributed by atoms with Gasteiger partial charge in [0.15, 0.2) is 5.78 Å². The van der Waals surface area contributed by atoms with E-state index in [1.807, 2.05) is 43.3 Å². The number of nitrogens with one attached hydrogen (secondary N) is 1. The van der Waals surface area contributed by atoms with Gasteiger partial charge in [-0.1, -0.05) is 23.9 Å². The van der Waals surface area contributed by atoms with E-state index in [9.17, 15) is 9.59 Å². The molecule has 1 heterocycles. The van der Waals surface area contributed by atoms with Crippen LogP contribution in [0.3, 0.4) is 0 Å². The number of anilines is 1. The van der Waals surface area contributed by atoms with Gasteiger partial charge in [0.25, 0.3) is 0 Å². The van der Waals surface area contributed by atoms with Crippen LogP contribution in [0.5, 0.6) is 5.75 Å². The van der Waals surface area contributed by atoms with Gasteiger partial charge in [-0.25, -0.2) is 0 Å². The van der Waals surface area contributed by atoms with E-state index in [-0.39, 0.29) is 17.4 Å². The first-order valence-electron chi connectivity index (χ1n) is 9.16. The minimum Gasteiger partial charge on any atom is -0.494 e. The summed E-state index contributed by atoms with van der Waals surface area (Å²) in [5, 5.41) is 11.9. The average molecular weight is 407 g/mol. The summed E-state index contributed by atoms with van der Waals surface area (Å²) in [6, 6.07) is 18.3. The van der Waals surface area contributed by atoms with Crippen LogP contribution in [0.15, 0.2) is 65.7 Å². The fourth-order valence-corrected chi connectivity index (χ4v) is 3.21. The summed E-state index contributed by atoms with van der Waals surface area (Å²) in [5.41, 5.74) is 2.86. The number of ketones is 1. The Kier molecular flexibility index (Phi) is 6.97. The van der Waals surface area contributed by atoms with Gasteiger partial charge in [0.1, 0.15) is 10.8 Å². The van der Waals surface area contributed by atoms with Crippen molar-refractivity contribution < 1.29 is 14.3 Å². The van der Waals surface area contributed by atoms with E-state index in [0.29, 0.717) is 22.9 Å². The maximum absolute atomic E-state index is 12.2. The van der Waals surface area contributed by atoms with Gasteiger partial charge >= 0.3 is 0 Å². The monoisotopic (exact) mass is 407 g/mol. The van der Waals surface area contributed by atoms with Crippen molar-refractivity contribution in [2.24, 2.45) is 0 Å². The molecule has 0 saturated carbocycles. The number of thioether (sulfide) groups is 1. The SMILES string of the molecule is CCOc1ccc(-c2ccc(SCC(=O)Nc3cccc(C(C)=O)c3)nn2)cc1. The third-order valence-electron chi connectivity index (χ3n) is 4.01. The smallest absolute Gasteiger partial charge is 0.234 e. The summed E-state index contributed by atoms with van der Waals surface area (Å²) in [5.74, 6) is 0.796. The van der Waals surface area contributed by atoms with Gasteiger partial charge in [0, 0.05) is 16.8 Å². The molecule has 3 rings (SSSR count). The molecule has 1 N–H and O–H groups in total. The van der Waals surface area contributed by atoms with Gasteiger partial charge in [-0.3, -0.25) is 9.59 Å². The van der Waals surface area contributed by atoms with Crippen molar-refractivity contribution in [1.29, 1.82) is 0 Å². The molecule has 0 aliphatic heterocycles. The minimum absolute atomic E-state index is 0.0432. The molecule has 0 atom stereocenters. The summed E-state index contributed by atoms with van der Waals surface area (Å²) in [4.78, 5) is 23.6. The van der Waals surface area contributed by atoms with E-state index in [1.165, 1.54) is 18.7 Å². The second-order valence-corrected chi connectivity index (χ2v) is 7.18. The number of benzene rings is 2. The Morgan fingerprint density at radius 3 is 2.48 bits per heavy atom. The zero-order valence-electron chi connectivity index (χ0n) is 16.2. The predicted molar refractivity (Wildman–Crippen MR) is 114 cm³/mol. The second-order valence-electron chi connectivity index (χ2n) is 6.19. The summed E-state index contributed by atoms with van der Waals surface area (Å²) in [6.07, 6.45) is 0. The van der Waals surface area contributed by atoms with Gasteiger partial charge in [-0.15, -0.1) is 10.2 Å². The lowest BCUT2D eigenvalue weighted by atomic mass is 10.1. The second kappa shape index (κ2) is 9.84. The van der Waals surface area contributed by atoms with Gasteiger partial charge in [-0.2, -0.15) is 0 Å². The van der Waals surface area contributed by atoms with E-state index < -0.39 is 0 Å². The first-order chi connectivity index (χ1) is 14.0. The number of hydrogen-bond donors (Lipinski definition) is 1. The number of amides is 1. The Morgan fingerprint density at radius 1 is 1.03 bits per heavy atom. The van der Waals surface area contributed by atoms with Crippen molar-refractivity contribution in [1.82, 2.24) is 10.2 Å². The molecule has 0 aliphatic carbocycles. The number of nitrogens with zero attached hydrogens (tertiary/aromatic N) is 2. The average Bonchev–Trinajstić information content (AvgIpc) is 2.74. The molecule has 0 radical (unpaired) electrons. The molecule has 2 aromatic carbocycles. The van der Waals surface area contributed by atoms with Crippen LogP contribution in [0, 0.1) is 0 Å². The van der Waals surface area contributed by atoms with Gasteiger partial charge in [0.05, 0.1) is 18.1 Å². The quantitative estimate of drug-likeness (QED) is 0.438. The summed E-state index contributed by atoms with van der Waals surface area (Å²) in [6.45, 7) is 4.06. The normalized spacial score (nSPS) is 10.4. The number of rotatable bonds is 8. The molecule has 0 fully saturated rings. The minimum atomic E-state index is -0.173. The Morgan fingerprint density at radius 2 is 1.83 bits per heavy atom. The highest BCUT2D eigenvalue weighted by molar-refractivity contribution is 7.99. The molecule has 1 aromatic heterocycles. The van der Waals surface area contributed by atoms with E-state index in [2.05, 4.69) is 15.5 Å². The standard InChI is InChI=1S/C22H21N3O3S/c1-3-28-19-9-7-16(8-10-19)20-11-12-22(25-24-20)29-14-21(27)23-18-6-4-5-17(13-18)15(2)26/h4-13H,3,14H2,1-2H3,(H,23,27). The number of Topliss-reactive ketones (excluding diaryl/α,β-unsaturated/α-hetero) is 1. The van der Waals surface area contributed by atoms with Crippen molar-refractivity contribution in [3.8, 4) is 17.0 Å². The van der Waals surface area contributed by atoms with Crippen LogP contribution in [0.25, 0.3) is 11.3 Å². The molecule has 1 amide bonds. The van der Waals surface area contributed by atoms with Crippen molar-refractivity contribution in [2.75, 3.05) is 17.7 Å². The van der Waals surface area contributed by atoms with Crippen molar-refractivity contribution in [3.63, 3.8) is 0 Å². The third kappa shape index (κ3) is 5.89. The Labute approximate surface area is 173 Å². The fraction of sp³-hybridized carbons (Fsp3) is 0.182. The van der Waals surface area contributed by atoms with Crippen LogP contribution in [0.2, 0.25) is 0 Å². The molecule has 0 unspecified atom stereocenters. The van der Waals surface area contributed by atoms with E-state index >= 15 is 0 Å². The molecular weight excluding hydrogens is 386 g/mol. The molecule has 0 bridgehead atoms. The lowest BCUT2D eigenvalue weighted by Crippen LogP contribution is -2.14. The lowest BCUT2D eigenvalue weighted by Gasteiger charge is -2.07. The van der Waals surface area contributed by atoms with Gasteiger partial charge in [-0.05, 0) is 62.4 Å². The third-order valence-corrected chi connectivity index (χ3v) is 4.93. The number of ether oxygens (including phenoxy) is 1. The molecule has 0 aliphatic rings. The van der Waals surface area contributed by atoms with E-state index in [0.717, 1.165) is 17.0 Å². The van der Waals surface area contributed by atoms with Crippen LogP contribution in [0.1, 0.15) is 24.2 Å². The predicted octanol–water partition coefficient (Wildman–Crippen LogP) is 4.48. The van der Waals surface area contributed by atoms with Crippen LogP contribution < -0.4 is 10.1 Å². The van der Waals surface area contributed by atoms with Crippen LogP contribution >= 0.6 is 11.8 Å². The Bertz CT molecular complexity index is 989. The van der Waals surface area contributed by atoms with Crippen molar-refractivity contribution >= 4 is 29.1 Å². The fourth-order valence-electron chi connectivity index (χ4n) is 2.59. The summed E-state index contributed by atoms with van der Waals surface area (Å²) in [7, 11) is 0. The van der Waals surface area contributed by atoms with Gasteiger partial charge < -0.3 is 10.1 Å². The maximum atomic E-state index is 12.2. The molecule has 7 heteroatoms. The number of carbonyl (C=O) groups is 2. The Hall–Kier alpha value is -3.19. The number of hydrogen-bond acceptors (Lipinski definition) is 6. The highest BCUT2D eigenvalue weighted by Crippen LogP contribution is 2.22. The number of carbonyl (C=O) groups excluding carboxylic acids is 2. The summed E-state index contributed by atoms with van der Waals surface area (Å²) < 4.78 is 5.44. The molecule has 3 aromatic rings. The van der Waals surface area contributed by atoms with E-state index in [1.54, 1.807) is 24.3 Å². The summed E-state index contributed by atoms with van der Waals surface area (Å²) >= 11 is 1.30. The van der Waals surface area contributed by atoms with Gasteiger partial charge in [0.2, 0.25) is 5.91 Å². The molecule has 6 nitrogen and oxygen atoms in total. The highest BCUT2D eigenvalue weighted by Gasteiger charge is 2.08. The first kappa shape index (κ1) is 20.5. The maximum Gasteiger partial charge on any atom is 0.234 e. The zero-order chi connectivity index (χ0) is 20.6. The Balaban J connectivity index is 1.55. The zero-order valence-corrected chi connectivity index (χ0v) is 17.0. The lowest BCUT2D eigenvalue weighted by molar-refractivity contribution is -0.113.